The SMILES string of the molecule is COCCC[C@H]1CCCCN1C(=O)c1cc(C)nc2cc(F)ccc12. The molecule has 1 aromatic heterocycles. The molecule has 1 aliphatic rings. The van der Waals surface area contributed by atoms with Gasteiger partial charge in [-0.3, -0.25) is 9.78 Å². The van der Waals surface area contributed by atoms with Gasteiger partial charge in [0, 0.05) is 43.4 Å². The van der Waals surface area contributed by atoms with Crippen molar-refractivity contribution in [1.82, 2.24) is 9.88 Å². The summed E-state index contributed by atoms with van der Waals surface area (Å²) in [5.41, 5.74) is 1.90. The van der Waals surface area contributed by atoms with Crippen LogP contribution in [-0.4, -0.2) is 42.1 Å². The number of benzene rings is 1. The maximum atomic E-state index is 13.5. The van der Waals surface area contributed by atoms with Crippen LogP contribution in [-0.2, 0) is 4.74 Å². The van der Waals surface area contributed by atoms with Crippen molar-refractivity contribution in [3.63, 3.8) is 0 Å². The van der Waals surface area contributed by atoms with E-state index in [0.717, 1.165) is 56.3 Å². The van der Waals surface area contributed by atoms with Gasteiger partial charge in [0.05, 0.1) is 11.1 Å². The van der Waals surface area contributed by atoms with Crippen molar-refractivity contribution < 1.29 is 13.9 Å². The molecule has 1 amide bonds. The molecule has 1 aliphatic heterocycles. The fourth-order valence-electron chi connectivity index (χ4n) is 3.70. The van der Waals surface area contributed by atoms with E-state index in [0.29, 0.717) is 11.1 Å². The molecule has 25 heavy (non-hydrogen) atoms. The summed E-state index contributed by atoms with van der Waals surface area (Å²) in [7, 11) is 1.70. The minimum Gasteiger partial charge on any atom is -0.385 e. The molecule has 2 heterocycles. The Hall–Kier alpha value is -2.01. The molecular formula is C20H25FN2O2. The van der Waals surface area contributed by atoms with Gasteiger partial charge in [0.15, 0.2) is 0 Å². The smallest absolute Gasteiger partial charge is 0.254 e. The Morgan fingerprint density at radius 2 is 2.20 bits per heavy atom. The summed E-state index contributed by atoms with van der Waals surface area (Å²) in [5.74, 6) is -0.302. The first-order chi connectivity index (χ1) is 12.1. The lowest BCUT2D eigenvalue weighted by atomic mass is 9.96. The van der Waals surface area contributed by atoms with Crippen molar-refractivity contribution in [2.75, 3.05) is 20.3 Å². The number of methoxy groups -OCH3 is 1. The molecular weight excluding hydrogens is 319 g/mol. The van der Waals surface area contributed by atoms with Gasteiger partial charge in [-0.2, -0.15) is 0 Å². The minimum absolute atomic E-state index is 0.0317. The molecule has 0 bridgehead atoms. The molecule has 0 N–H and O–H groups in total. The van der Waals surface area contributed by atoms with E-state index in [1.807, 2.05) is 17.9 Å². The highest BCUT2D eigenvalue weighted by molar-refractivity contribution is 6.06. The van der Waals surface area contributed by atoms with Gasteiger partial charge >= 0.3 is 0 Å². The van der Waals surface area contributed by atoms with Crippen molar-refractivity contribution in [2.45, 2.75) is 45.1 Å². The summed E-state index contributed by atoms with van der Waals surface area (Å²) >= 11 is 0. The standard InChI is InChI=1S/C20H25FN2O2/c1-14-12-18(17-9-8-15(21)13-19(17)22-14)20(24)23-10-4-3-6-16(23)7-5-11-25-2/h8-9,12-13,16H,3-7,10-11H2,1-2H3/t16-/m1/s1. The van der Waals surface area contributed by atoms with E-state index in [1.165, 1.54) is 12.1 Å². The van der Waals surface area contributed by atoms with Crippen LogP contribution in [0.5, 0.6) is 0 Å². The number of fused-ring (bicyclic) bond motifs is 1. The van der Waals surface area contributed by atoms with E-state index in [1.54, 1.807) is 13.2 Å². The lowest BCUT2D eigenvalue weighted by molar-refractivity contribution is 0.0587. The number of amides is 1. The van der Waals surface area contributed by atoms with Gasteiger partial charge in [-0.05, 0) is 57.2 Å². The summed E-state index contributed by atoms with van der Waals surface area (Å²) in [6, 6.07) is 6.52. The van der Waals surface area contributed by atoms with Crippen LogP contribution in [0.2, 0.25) is 0 Å². The van der Waals surface area contributed by atoms with Crippen LogP contribution in [0, 0.1) is 12.7 Å². The maximum absolute atomic E-state index is 13.5. The largest absolute Gasteiger partial charge is 0.385 e. The van der Waals surface area contributed by atoms with Crippen molar-refractivity contribution in [3.05, 3.63) is 41.3 Å². The lowest BCUT2D eigenvalue weighted by Crippen LogP contribution is -2.44. The number of aryl methyl sites for hydroxylation is 1. The Balaban J connectivity index is 1.91. The van der Waals surface area contributed by atoms with E-state index in [2.05, 4.69) is 4.98 Å². The number of hydrogen-bond acceptors (Lipinski definition) is 3. The number of carbonyl (C=O) groups is 1. The third-order valence-electron chi connectivity index (χ3n) is 4.90. The van der Waals surface area contributed by atoms with E-state index >= 15 is 0 Å². The zero-order valence-corrected chi connectivity index (χ0v) is 14.9. The molecule has 0 spiro atoms. The average Bonchev–Trinajstić information content (AvgIpc) is 2.60. The molecule has 4 nitrogen and oxygen atoms in total. The first-order valence-electron chi connectivity index (χ1n) is 8.97. The Labute approximate surface area is 148 Å². The molecule has 0 saturated carbocycles. The van der Waals surface area contributed by atoms with Gasteiger partial charge in [-0.15, -0.1) is 0 Å². The van der Waals surface area contributed by atoms with Crippen molar-refractivity contribution >= 4 is 16.8 Å². The van der Waals surface area contributed by atoms with Crippen LogP contribution in [0.1, 0.15) is 48.2 Å². The second-order valence-electron chi connectivity index (χ2n) is 6.76. The summed E-state index contributed by atoms with van der Waals surface area (Å²) in [4.78, 5) is 19.6. The molecule has 0 aliphatic carbocycles. The first-order valence-corrected chi connectivity index (χ1v) is 8.97. The topological polar surface area (TPSA) is 42.4 Å². The molecule has 0 unspecified atom stereocenters. The highest BCUT2D eigenvalue weighted by Gasteiger charge is 2.28. The number of rotatable bonds is 5. The number of nitrogens with zero attached hydrogens (tertiary/aromatic N) is 2. The number of likely N-dealkylation sites (tertiary alicyclic amines) is 1. The summed E-state index contributed by atoms with van der Waals surface area (Å²) in [6.45, 7) is 3.34. The maximum Gasteiger partial charge on any atom is 0.254 e. The molecule has 134 valence electrons. The third-order valence-corrected chi connectivity index (χ3v) is 4.90. The van der Waals surface area contributed by atoms with Gasteiger partial charge < -0.3 is 9.64 Å². The Morgan fingerprint density at radius 3 is 3.00 bits per heavy atom. The molecule has 3 rings (SSSR count). The van der Waals surface area contributed by atoms with Crippen molar-refractivity contribution in [2.24, 2.45) is 0 Å². The average molecular weight is 344 g/mol. The Morgan fingerprint density at radius 1 is 1.36 bits per heavy atom. The number of pyridine rings is 1. The van der Waals surface area contributed by atoms with Gasteiger partial charge in [0.2, 0.25) is 0 Å². The van der Waals surface area contributed by atoms with Crippen molar-refractivity contribution in [3.8, 4) is 0 Å². The highest BCUT2D eigenvalue weighted by Crippen LogP contribution is 2.26. The van der Waals surface area contributed by atoms with Crippen molar-refractivity contribution in [1.29, 1.82) is 0 Å². The minimum atomic E-state index is -0.334. The monoisotopic (exact) mass is 344 g/mol. The van der Waals surface area contributed by atoms with Crippen LogP contribution in [0.4, 0.5) is 4.39 Å². The van der Waals surface area contributed by atoms with E-state index in [9.17, 15) is 9.18 Å². The number of halogens is 1. The normalized spacial score (nSPS) is 17.9. The van der Waals surface area contributed by atoms with Crippen LogP contribution in [0.15, 0.2) is 24.3 Å². The third kappa shape index (κ3) is 3.98. The first kappa shape index (κ1) is 17.8. The van der Waals surface area contributed by atoms with Gasteiger partial charge in [-0.1, -0.05) is 0 Å². The van der Waals surface area contributed by atoms with E-state index in [-0.39, 0.29) is 17.8 Å². The fourth-order valence-corrected chi connectivity index (χ4v) is 3.70. The molecule has 1 saturated heterocycles. The number of ether oxygens (including phenoxy) is 1. The zero-order chi connectivity index (χ0) is 17.8. The van der Waals surface area contributed by atoms with Crippen LogP contribution in [0.25, 0.3) is 10.9 Å². The summed E-state index contributed by atoms with van der Waals surface area (Å²) in [5, 5.41) is 0.721. The second-order valence-corrected chi connectivity index (χ2v) is 6.76. The van der Waals surface area contributed by atoms with E-state index in [4.69, 9.17) is 4.74 Å². The number of piperidine rings is 1. The zero-order valence-electron chi connectivity index (χ0n) is 14.9. The van der Waals surface area contributed by atoms with Gasteiger partial charge in [-0.25, -0.2) is 4.39 Å². The number of aromatic nitrogens is 1. The number of hydrogen-bond donors (Lipinski definition) is 0. The molecule has 1 aromatic carbocycles. The molecule has 5 heteroatoms. The van der Waals surface area contributed by atoms with E-state index < -0.39 is 0 Å². The Bertz CT molecular complexity index is 757. The summed E-state index contributed by atoms with van der Waals surface area (Å²) in [6.07, 6.45) is 5.13. The molecule has 1 atom stereocenters. The van der Waals surface area contributed by atoms with Gasteiger partial charge in [0.1, 0.15) is 5.82 Å². The predicted molar refractivity (Wildman–Crippen MR) is 96.2 cm³/mol. The number of carbonyl (C=O) groups excluding carboxylic acids is 1. The molecule has 2 aromatic rings. The second kappa shape index (κ2) is 7.91. The van der Waals surface area contributed by atoms with Crippen LogP contribution < -0.4 is 0 Å². The fraction of sp³-hybridized carbons (Fsp3) is 0.500. The van der Waals surface area contributed by atoms with Crippen LogP contribution in [0.3, 0.4) is 0 Å². The molecule has 0 radical (unpaired) electrons. The Kier molecular flexibility index (Phi) is 5.63. The quantitative estimate of drug-likeness (QED) is 0.767. The van der Waals surface area contributed by atoms with Gasteiger partial charge in [0.25, 0.3) is 5.91 Å². The van der Waals surface area contributed by atoms with Crippen LogP contribution >= 0.6 is 0 Å². The predicted octanol–water partition coefficient (Wildman–Crippen LogP) is 4.10. The summed E-state index contributed by atoms with van der Waals surface area (Å²) < 4.78 is 18.7. The lowest BCUT2D eigenvalue weighted by Gasteiger charge is -2.36. The molecule has 1 fully saturated rings. The highest BCUT2D eigenvalue weighted by atomic mass is 19.1.